The summed E-state index contributed by atoms with van der Waals surface area (Å²) in [5, 5.41) is 0. The second-order valence-corrected chi connectivity index (χ2v) is 3.96. The van der Waals surface area contributed by atoms with Crippen molar-refractivity contribution in [3.05, 3.63) is 35.6 Å². The number of thioether (sulfide) groups is 1. The van der Waals surface area contributed by atoms with Gasteiger partial charge in [-0.15, -0.1) is 0 Å². The lowest BCUT2D eigenvalue weighted by Gasteiger charge is -2.09. The Morgan fingerprint density at radius 3 is 2.54 bits per heavy atom. The Morgan fingerprint density at radius 1 is 1.38 bits per heavy atom. The minimum atomic E-state index is -0.192. The normalized spacial score (nSPS) is 12.8. The second-order valence-electron chi connectivity index (χ2n) is 3.05. The molecule has 0 spiro atoms. The van der Waals surface area contributed by atoms with Crippen LogP contribution in [0.2, 0.25) is 0 Å². The van der Waals surface area contributed by atoms with E-state index in [1.165, 1.54) is 12.1 Å². The Kier molecular flexibility index (Phi) is 4.25. The average molecular weight is 199 g/mol. The molecule has 0 aliphatic rings. The predicted octanol–water partition coefficient (Wildman–Crippen LogP) is 2.06. The topological polar surface area (TPSA) is 26.0 Å². The lowest BCUT2D eigenvalue weighted by Crippen LogP contribution is -2.25. The number of rotatable bonds is 4. The molecule has 1 aromatic rings. The minimum Gasteiger partial charge on any atom is -0.327 e. The van der Waals surface area contributed by atoms with Crippen LogP contribution < -0.4 is 5.73 Å². The van der Waals surface area contributed by atoms with Crippen molar-refractivity contribution in [2.24, 2.45) is 5.73 Å². The smallest absolute Gasteiger partial charge is 0.123 e. The van der Waals surface area contributed by atoms with Crippen LogP contribution in [0.5, 0.6) is 0 Å². The van der Waals surface area contributed by atoms with Crippen LogP contribution in [0, 0.1) is 5.82 Å². The monoisotopic (exact) mass is 199 g/mol. The van der Waals surface area contributed by atoms with Crippen LogP contribution in [0.25, 0.3) is 0 Å². The van der Waals surface area contributed by atoms with E-state index in [0.717, 1.165) is 17.7 Å². The Morgan fingerprint density at radius 2 is 2.00 bits per heavy atom. The summed E-state index contributed by atoms with van der Waals surface area (Å²) >= 11 is 1.73. The van der Waals surface area contributed by atoms with Gasteiger partial charge in [-0.2, -0.15) is 11.8 Å². The molecular formula is C10H14FNS. The summed E-state index contributed by atoms with van der Waals surface area (Å²) in [7, 11) is 0. The van der Waals surface area contributed by atoms with E-state index in [9.17, 15) is 4.39 Å². The molecule has 3 heteroatoms. The van der Waals surface area contributed by atoms with Crippen molar-refractivity contribution in [1.82, 2.24) is 0 Å². The van der Waals surface area contributed by atoms with Gasteiger partial charge in [0, 0.05) is 11.8 Å². The SMILES string of the molecule is CSC[C@@H](N)Cc1ccc(F)cc1. The summed E-state index contributed by atoms with van der Waals surface area (Å²) in [6.07, 6.45) is 2.85. The van der Waals surface area contributed by atoms with E-state index in [4.69, 9.17) is 5.73 Å². The van der Waals surface area contributed by atoms with Gasteiger partial charge in [0.2, 0.25) is 0 Å². The second kappa shape index (κ2) is 5.25. The Labute approximate surface area is 82.5 Å². The molecule has 0 aliphatic carbocycles. The van der Waals surface area contributed by atoms with E-state index >= 15 is 0 Å². The molecule has 13 heavy (non-hydrogen) atoms. The summed E-state index contributed by atoms with van der Waals surface area (Å²) in [4.78, 5) is 0. The Bertz CT molecular complexity index is 248. The van der Waals surface area contributed by atoms with Crippen molar-refractivity contribution in [3.63, 3.8) is 0 Å². The summed E-state index contributed by atoms with van der Waals surface area (Å²) in [5.41, 5.74) is 6.94. The zero-order valence-electron chi connectivity index (χ0n) is 7.66. The molecule has 1 atom stereocenters. The number of nitrogens with two attached hydrogens (primary N) is 1. The Hall–Kier alpha value is -0.540. The van der Waals surface area contributed by atoms with E-state index in [1.807, 2.05) is 6.26 Å². The van der Waals surface area contributed by atoms with Crippen molar-refractivity contribution in [1.29, 1.82) is 0 Å². The van der Waals surface area contributed by atoms with Gasteiger partial charge in [0.15, 0.2) is 0 Å². The van der Waals surface area contributed by atoms with Gasteiger partial charge < -0.3 is 5.73 Å². The third kappa shape index (κ3) is 3.79. The molecule has 2 N–H and O–H groups in total. The van der Waals surface area contributed by atoms with Crippen LogP contribution in [0.15, 0.2) is 24.3 Å². The lowest BCUT2D eigenvalue weighted by atomic mass is 10.1. The van der Waals surface area contributed by atoms with E-state index in [2.05, 4.69) is 0 Å². The third-order valence-corrected chi connectivity index (χ3v) is 2.55. The maximum atomic E-state index is 12.5. The fourth-order valence-electron chi connectivity index (χ4n) is 1.20. The molecule has 0 heterocycles. The molecule has 0 bridgehead atoms. The first-order valence-corrected chi connectivity index (χ1v) is 5.60. The standard InChI is InChI=1S/C10H14FNS/c1-13-7-10(12)6-8-2-4-9(11)5-3-8/h2-5,10H,6-7,12H2,1H3/t10-/m0/s1. The lowest BCUT2D eigenvalue weighted by molar-refractivity contribution is 0.626. The average Bonchev–Trinajstić information content (AvgIpc) is 2.09. The van der Waals surface area contributed by atoms with Gasteiger partial charge in [-0.3, -0.25) is 0 Å². The first kappa shape index (κ1) is 10.5. The van der Waals surface area contributed by atoms with Crippen molar-refractivity contribution >= 4 is 11.8 Å². The maximum absolute atomic E-state index is 12.5. The molecule has 1 rings (SSSR count). The van der Waals surface area contributed by atoms with Gasteiger partial charge in [-0.25, -0.2) is 4.39 Å². The zero-order chi connectivity index (χ0) is 9.68. The van der Waals surface area contributed by atoms with E-state index in [-0.39, 0.29) is 11.9 Å². The van der Waals surface area contributed by atoms with Gasteiger partial charge in [0.25, 0.3) is 0 Å². The number of hydrogen-bond acceptors (Lipinski definition) is 2. The molecule has 0 saturated carbocycles. The van der Waals surface area contributed by atoms with E-state index in [1.54, 1.807) is 23.9 Å². The maximum Gasteiger partial charge on any atom is 0.123 e. The van der Waals surface area contributed by atoms with Crippen LogP contribution in [-0.2, 0) is 6.42 Å². The molecule has 0 saturated heterocycles. The molecule has 0 aliphatic heterocycles. The minimum absolute atomic E-state index is 0.167. The van der Waals surface area contributed by atoms with Crippen LogP contribution >= 0.6 is 11.8 Å². The summed E-state index contributed by atoms with van der Waals surface area (Å²) in [5.74, 6) is 0.749. The zero-order valence-corrected chi connectivity index (χ0v) is 8.48. The quantitative estimate of drug-likeness (QED) is 0.803. The highest BCUT2D eigenvalue weighted by Crippen LogP contribution is 2.06. The van der Waals surface area contributed by atoms with Crippen LogP contribution in [0.4, 0.5) is 4.39 Å². The van der Waals surface area contributed by atoms with Gasteiger partial charge in [-0.05, 0) is 30.4 Å². The van der Waals surface area contributed by atoms with Crippen LogP contribution in [0.3, 0.4) is 0 Å². The van der Waals surface area contributed by atoms with Crippen LogP contribution in [0.1, 0.15) is 5.56 Å². The fourth-order valence-corrected chi connectivity index (χ4v) is 1.74. The summed E-state index contributed by atoms with van der Waals surface area (Å²) in [6.45, 7) is 0. The molecule has 72 valence electrons. The molecular weight excluding hydrogens is 185 g/mol. The summed E-state index contributed by atoms with van der Waals surface area (Å²) < 4.78 is 12.5. The van der Waals surface area contributed by atoms with Crippen molar-refractivity contribution in [3.8, 4) is 0 Å². The molecule has 0 amide bonds. The number of benzene rings is 1. The summed E-state index contributed by atoms with van der Waals surface area (Å²) in [6, 6.07) is 6.69. The van der Waals surface area contributed by atoms with Crippen LogP contribution in [-0.4, -0.2) is 18.1 Å². The van der Waals surface area contributed by atoms with E-state index in [0.29, 0.717) is 0 Å². The first-order valence-electron chi connectivity index (χ1n) is 4.21. The molecule has 0 radical (unpaired) electrons. The largest absolute Gasteiger partial charge is 0.327 e. The van der Waals surface area contributed by atoms with Crippen molar-refractivity contribution in [2.75, 3.05) is 12.0 Å². The fraction of sp³-hybridized carbons (Fsp3) is 0.400. The third-order valence-electron chi connectivity index (χ3n) is 1.79. The highest BCUT2D eigenvalue weighted by molar-refractivity contribution is 7.98. The number of halogens is 1. The van der Waals surface area contributed by atoms with Crippen molar-refractivity contribution in [2.45, 2.75) is 12.5 Å². The Balaban J connectivity index is 2.49. The highest BCUT2D eigenvalue weighted by Gasteiger charge is 2.02. The molecule has 0 unspecified atom stereocenters. The molecule has 0 aromatic heterocycles. The molecule has 1 aromatic carbocycles. The van der Waals surface area contributed by atoms with Gasteiger partial charge in [0.05, 0.1) is 0 Å². The highest BCUT2D eigenvalue weighted by atomic mass is 32.2. The van der Waals surface area contributed by atoms with Crippen molar-refractivity contribution < 1.29 is 4.39 Å². The van der Waals surface area contributed by atoms with Gasteiger partial charge >= 0.3 is 0 Å². The number of hydrogen-bond donors (Lipinski definition) is 1. The first-order chi connectivity index (χ1) is 6.22. The van der Waals surface area contributed by atoms with E-state index < -0.39 is 0 Å². The predicted molar refractivity (Wildman–Crippen MR) is 56.5 cm³/mol. The molecule has 1 nitrogen and oxygen atoms in total. The van der Waals surface area contributed by atoms with Gasteiger partial charge in [-0.1, -0.05) is 12.1 Å². The van der Waals surface area contributed by atoms with Gasteiger partial charge in [0.1, 0.15) is 5.82 Å². The molecule has 0 fully saturated rings.